The number of rotatable bonds is 5. The maximum Gasteiger partial charge on any atom is 0.159 e. The summed E-state index contributed by atoms with van der Waals surface area (Å²) in [5, 5.41) is 3.25. The molecule has 0 spiro atoms. The molecule has 1 nitrogen and oxygen atoms in total. The van der Waals surface area contributed by atoms with Crippen molar-refractivity contribution >= 4 is 0 Å². The largest absolute Gasteiger partial charge is 0.316 e. The summed E-state index contributed by atoms with van der Waals surface area (Å²) in [6.07, 6.45) is 1.53. The average molecular weight is 289 g/mol. The van der Waals surface area contributed by atoms with E-state index in [1.54, 1.807) is 6.07 Å². The van der Waals surface area contributed by atoms with Crippen molar-refractivity contribution in [3.05, 3.63) is 70.3 Å². The second-order valence-electron chi connectivity index (χ2n) is 5.56. The zero-order valence-corrected chi connectivity index (χ0v) is 12.7. The van der Waals surface area contributed by atoms with Crippen LogP contribution in [0.1, 0.15) is 22.3 Å². The first-order valence-corrected chi connectivity index (χ1v) is 7.17. The van der Waals surface area contributed by atoms with Crippen molar-refractivity contribution < 1.29 is 8.78 Å². The maximum absolute atomic E-state index is 13.3. The quantitative estimate of drug-likeness (QED) is 0.878. The van der Waals surface area contributed by atoms with Crippen LogP contribution in [0.4, 0.5) is 8.78 Å². The van der Waals surface area contributed by atoms with Crippen LogP contribution in [0, 0.1) is 25.5 Å². The first kappa shape index (κ1) is 15.6. The highest BCUT2D eigenvalue weighted by molar-refractivity contribution is 5.30. The molecule has 0 heterocycles. The minimum atomic E-state index is -0.797. The Labute approximate surface area is 125 Å². The second kappa shape index (κ2) is 6.81. The van der Waals surface area contributed by atoms with Gasteiger partial charge in [-0.1, -0.05) is 24.3 Å². The fourth-order valence-corrected chi connectivity index (χ4v) is 2.44. The SMILES string of the molecule is CNC(Cc1ccc(C)c(C)c1)Cc1ccc(F)c(F)c1. The summed E-state index contributed by atoms with van der Waals surface area (Å²) < 4.78 is 26.2. The summed E-state index contributed by atoms with van der Waals surface area (Å²) in [7, 11) is 1.89. The van der Waals surface area contributed by atoms with Gasteiger partial charge >= 0.3 is 0 Å². The van der Waals surface area contributed by atoms with Crippen LogP contribution in [0.3, 0.4) is 0 Å². The molecule has 0 amide bonds. The van der Waals surface area contributed by atoms with Crippen molar-refractivity contribution in [2.24, 2.45) is 0 Å². The summed E-state index contributed by atoms with van der Waals surface area (Å²) in [6, 6.07) is 10.7. The van der Waals surface area contributed by atoms with Crippen molar-refractivity contribution in [2.45, 2.75) is 32.7 Å². The molecular formula is C18H21F2N. The molecular weight excluding hydrogens is 268 g/mol. The minimum Gasteiger partial charge on any atom is -0.316 e. The van der Waals surface area contributed by atoms with Crippen LogP contribution >= 0.6 is 0 Å². The van der Waals surface area contributed by atoms with Crippen molar-refractivity contribution in [3.63, 3.8) is 0 Å². The van der Waals surface area contributed by atoms with Gasteiger partial charge in [0.05, 0.1) is 0 Å². The monoisotopic (exact) mass is 289 g/mol. The highest BCUT2D eigenvalue weighted by Gasteiger charge is 2.11. The molecule has 0 fully saturated rings. The number of nitrogens with one attached hydrogen (secondary N) is 1. The highest BCUT2D eigenvalue weighted by atomic mass is 19.2. The van der Waals surface area contributed by atoms with Gasteiger partial charge in [-0.2, -0.15) is 0 Å². The lowest BCUT2D eigenvalue weighted by Gasteiger charge is -2.17. The molecule has 0 radical (unpaired) electrons. The van der Waals surface area contributed by atoms with Gasteiger partial charge in [0.15, 0.2) is 11.6 Å². The zero-order valence-electron chi connectivity index (χ0n) is 12.7. The van der Waals surface area contributed by atoms with E-state index in [2.05, 4.69) is 37.4 Å². The zero-order chi connectivity index (χ0) is 15.4. The van der Waals surface area contributed by atoms with Crippen molar-refractivity contribution in [3.8, 4) is 0 Å². The van der Waals surface area contributed by atoms with Gasteiger partial charge in [-0.3, -0.25) is 0 Å². The Hall–Kier alpha value is -1.74. The average Bonchev–Trinajstić information content (AvgIpc) is 2.46. The molecule has 0 bridgehead atoms. The van der Waals surface area contributed by atoms with E-state index in [0.29, 0.717) is 6.42 Å². The van der Waals surface area contributed by atoms with Crippen LogP contribution < -0.4 is 5.32 Å². The molecule has 1 N–H and O–H groups in total. The number of likely N-dealkylation sites (N-methyl/N-ethyl adjacent to an activating group) is 1. The summed E-state index contributed by atoms with van der Waals surface area (Å²) in [6.45, 7) is 4.19. The fourth-order valence-electron chi connectivity index (χ4n) is 2.44. The predicted octanol–water partition coefficient (Wildman–Crippen LogP) is 3.95. The summed E-state index contributed by atoms with van der Waals surface area (Å²) in [5.74, 6) is -1.58. The lowest BCUT2D eigenvalue weighted by atomic mass is 9.97. The van der Waals surface area contributed by atoms with E-state index >= 15 is 0 Å². The van der Waals surface area contributed by atoms with Gasteiger partial charge < -0.3 is 5.32 Å². The number of hydrogen-bond acceptors (Lipinski definition) is 1. The number of benzene rings is 2. The maximum atomic E-state index is 13.3. The van der Waals surface area contributed by atoms with Crippen LogP contribution in [0.25, 0.3) is 0 Å². The van der Waals surface area contributed by atoms with Crippen LogP contribution in [0.2, 0.25) is 0 Å². The topological polar surface area (TPSA) is 12.0 Å². The predicted molar refractivity (Wildman–Crippen MR) is 82.5 cm³/mol. The van der Waals surface area contributed by atoms with E-state index in [1.807, 2.05) is 7.05 Å². The Balaban J connectivity index is 2.08. The third kappa shape index (κ3) is 4.11. The van der Waals surface area contributed by atoms with E-state index < -0.39 is 11.6 Å². The van der Waals surface area contributed by atoms with E-state index in [1.165, 1.54) is 28.8 Å². The van der Waals surface area contributed by atoms with Crippen molar-refractivity contribution in [1.82, 2.24) is 5.32 Å². The van der Waals surface area contributed by atoms with E-state index in [4.69, 9.17) is 0 Å². The van der Waals surface area contributed by atoms with Gasteiger partial charge in [-0.25, -0.2) is 8.78 Å². The smallest absolute Gasteiger partial charge is 0.159 e. The normalized spacial score (nSPS) is 12.4. The molecule has 0 saturated heterocycles. The van der Waals surface area contributed by atoms with E-state index in [0.717, 1.165) is 12.0 Å². The van der Waals surface area contributed by atoms with Crippen LogP contribution in [-0.4, -0.2) is 13.1 Å². The third-order valence-corrected chi connectivity index (χ3v) is 3.93. The van der Waals surface area contributed by atoms with Crippen LogP contribution in [-0.2, 0) is 12.8 Å². The van der Waals surface area contributed by atoms with Crippen molar-refractivity contribution in [2.75, 3.05) is 7.05 Å². The number of hydrogen-bond donors (Lipinski definition) is 1. The second-order valence-corrected chi connectivity index (χ2v) is 5.56. The Morgan fingerprint density at radius 1 is 0.857 bits per heavy atom. The van der Waals surface area contributed by atoms with Gasteiger partial charge in [-0.15, -0.1) is 0 Å². The lowest BCUT2D eigenvalue weighted by Crippen LogP contribution is -2.30. The molecule has 0 saturated carbocycles. The lowest BCUT2D eigenvalue weighted by molar-refractivity contribution is 0.503. The Morgan fingerprint density at radius 3 is 2.05 bits per heavy atom. The van der Waals surface area contributed by atoms with Gasteiger partial charge in [0.25, 0.3) is 0 Å². The molecule has 112 valence electrons. The third-order valence-electron chi connectivity index (χ3n) is 3.93. The summed E-state index contributed by atoms with van der Waals surface area (Å²) in [5.41, 5.74) is 4.60. The highest BCUT2D eigenvalue weighted by Crippen LogP contribution is 2.15. The molecule has 2 rings (SSSR count). The number of aryl methyl sites for hydroxylation is 2. The van der Waals surface area contributed by atoms with Gasteiger partial charge in [0, 0.05) is 6.04 Å². The summed E-state index contributed by atoms with van der Waals surface area (Å²) in [4.78, 5) is 0. The fraction of sp³-hybridized carbons (Fsp3) is 0.333. The molecule has 1 unspecified atom stereocenters. The first-order chi connectivity index (χ1) is 9.99. The standard InChI is InChI=1S/C18H21F2N/c1-12-4-5-14(8-13(12)2)9-16(21-3)10-15-6-7-17(19)18(20)11-15/h4-8,11,16,21H,9-10H2,1-3H3. The molecule has 0 aliphatic rings. The first-order valence-electron chi connectivity index (χ1n) is 7.17. The molecule has 0 aliphatic carbocycles. The van der Waals surface area contributed by atoms with Crippen molar-refractivity contribution in [1.29, 1.82) is 0 Å². The Kier molecular flexibility index (Phi) is 5.07. The summed E-state index contributed by atoms with van der Waals surface area (Å²) >= 11 is 0. The Bertz CT molecular complexity index is 569. The van der Waals surface area contributed by atoms with E-state index in [-0.39, 0.29) is 6.04 Å². The molecule has 1 atom stereocenters. The number of halogens is 2. The van der Waals surface area contributed by atoms with Crippen LogP contribution in [0.15, 0.2) is 36.4 Å². The van der Waals surface area contributed by atoms with E-state index in [9.17, 15) is 8.78 Å². The molecule has 0 aliphatic heterocycles. The minimum absolute atomic E-state index is 0.192. The molecule has 2 aromatic carbocycles. The molecule has 2 aromatic rings. The molecule has 3 heteroatoms. The molecule has 21 heavy (non-hydrogen) atoms. The Morgan fingerprint density at radius 2 is 1.48 bits per heavy atom. The molecule has 0 aromatic heterocycles. The van der Waals surface area contributed by atoms with Gasteiger partial charge in [0.2, 0.25) is 0 Å². The van der Waals surface area contributed by atoms with Gasteiger partial charge in [0.1, 0.15) is 0 Å². The van der Waals surface area contributed by atoms with Gasteiger partial charge in [-0.05, 0) is 68.1 Å². The van der Waals surface area contributed by atoms with Crippen LogP contribution in [0.5, 0.6) is 0 Å².